The molecular formula is C28H30O3. The summed E-state index contributed by atoms with van der Waals surface area (Å²) >= 11 is 0. The van der Waals surface area contributed by atoms with E-state index in [4.69, 9.17) is 14.2 Å². The fraction of sp³-hybridized carbons (Fsp3) is 0.357. The predicted molar refractivity (Wildman–Crippen MR) is 122 cm³/mol. The van der Waals surface area contributed by atoms with Crippen LogP contribution in [0.25, 0.3) is 0 Å². The minimum atomic E-state index is -0.684. The maximum Gasteiger partial charge on any atom is 0.163 e. The Balaban J connectivity index is 1.55. The molecule has 1 saturated carbocycles. The largest absolute Gasteiger partial charge is 0.360 e. The molecule has 3 aromatic rings. The van der Waals surface area contributed by atoms with E-state index in [1.807, 2.05) is 13.8 Å². The summed E-state index contributed by atoms with van der Waals surface area (Å²) < 4.78 is 19.4. The summed E-state index contributed by atoms with van der Waals surface area (Å²) in [5.74, 6) is -0.203. The zero-order valence-corrected chi connectivity index (χ0v) is 18.2. The summed E-state index contributed by atoms with van der Waals surface area (Å²) in [5.41, 5.74) is 2.71. The zero-order chi connectivity index (χ0) is 21.3. The first-order chi connectivity index (χ1) is 15.1. The molecule has 3 aromatic carbocycles. The van der Waals surface area contributed by atoms with Gasteiger partial charge in [0, 0.05) is 5.92 Å². The van der Waals surface area contributed by atoms with Crippen LogP contribution in [0.2, 0.25) is 0 Å². The minimum absolute atomic E-state index is 0.0926. The number of benzene rings is 3. The Kier molecular flexibility index (Phi) is 5.43. The van der Waals surface area contributed by atoms with Crippen LogP contribution in [0, 0.1) is 5.92 Å². The molecule has 31 heavy (non-hydrogen) atoms. The van der Waals surface area contributed by atoms with Crippen LogP contribution in [-0.2, 0) is 19.8 Å². The molecule has 160 valence electrons. The third-order valence-corrected chi connectivity index (χ3v) is 6.56. The monoisotopic (exact) mass is 414 g/mol. The molecule has 0 bridgehead atoms. The molecule has 0 N–H and O–H groups in total. The molecule has 2 fully saturated rings. The average molecular weight is 415 g/mol. The van der Waals surface area contributed by atoms with Crippen molar-refractivity contribution in [3.63, 3.8) is 0 Å². The zero-order valence-electron chi connectivity index (χ0n) is 18.2. The van der Waals surface area contributed by atoms with Crippen LogP contribution in [0.3, 0.4) is 0 Å². The second-order valence-electron chi connectivity index (χ2n) is 9.07. The molecule has 0 unspecified atom stereocenters. The lowest BCUT2D eigenvalue weighted by atomic mass is 9.80. The van der Waals surface area contributed by atoms with E-state index >= 15 is 0 Å². The lowest BCUT2D eigenvalue weighted by molar-refractivity contribution is -0.160. The number of ether oxygens (including phenoxy) is 3. The third-order valence-electron chi connectivity index (χ3n) is 6.56. The number of hydrogen-bond donors (Lipinski definition) is 0. The van der Waals surface area contributed by atoms with Gasteiger partial charge in [0.25, 0.3) is 0 Å². The van der Waals surface area contributed by atoms with Crippen molar-refractivity contribution in [2.75, 3.05) is 6.61 Å². The van der Waals surface area contributed by atoms with Crippen LogP contribution in [0.4, 0.5) is 0 Å². The van der Waals surface area contributed by atoms with E-state index in [0.29, 0.717) is 12.5 Å². The van der Waals surface area contributed by atoms with Crippen LogP contribution in [-0.4, -0.2) is 24.6 Å². The van der Waals surface area contributed by atoms with E-state index in [0.717, 1.165) is 29.5 Å². The van der Waals surface area contributed by atoms with Crippen molar-refractivity contribution in [1.82, 2.24) is 0 Å². The van der Waals surface area contributed by atoms with Gasteiger partial charge in [-0.2, -0.15) is 0 Å². The van der Waals surface area contributed by atoms with E-state index in [2.05, 4.69) is 91.0 Å². The van der Waals surface area contributed by atoms with Gasteiger partial charge in [0.2, 0.25) is 0 Å². The molecule has 0 amide bonds. The number of fused-ring (bicyclic) bond motifs is 1. The molecule has 3 heteroatoms. The summed E-state index contributed by atoms with van der Waals surface area (Å²) in [5, 5.41) is 0. The van der Waals surface area contributed by atoms with E-state index in [1.54, 1.807) is 0 Å². The molecule has 3 nitrogen and oxygen atoms in total. The molecule has 1 saturated heterocycles. The van der Waals surface area contributed by atoms with Crippen LogP contribution >= 0.6 is 0 Å². The fourth-order valence-electron chi connectivity index (χ4n) is 5.21. The van der Waals surface area contributed by atoms with Crippen molar-refractivity contribution in [1.29, 1.82) is 0 Å². The lowest BCUT2D eigenvalue weighted by Crippen LogP contribution is -2.37. The van der Waals surface area contributed by atoms with Crippen molar-refractivity contribution in [2.45, 2.75) is 50.3 Å². The Bertz CT molecular complexity index is 888. The Morgan fingerprint density at radius 1 is 0.742 bits per heavy atom. The molecule has 3 atom stereocenters. The van der Waals surface area contributed by atoms with Crippen molar-refractivity contribution < 1.29 is 14.2 Å². The molecular weight excluding hydrogens is 384 g/mol. The predicted octanol–water partition coefficient (Wildman–Crippen LogP) is 5.93. The highest BCUT2D eigenvalue weighted by molar-refractivity contribution is 5.47. The molecule has 2 aliphatic rings. The van der Waals surface area contributed by atoms with Gasteiger partial charge in [-0.3, -0.25) is 0 Å². The third kappa shape index (κ3) is 3.82. The van der Waals surface area contributed by atoms with E-state index in [1.165, 1.54) is 0 Å². The van der Waals surface area contributed by atoms with Crippen LogP contribution < -0.4 is 0 Å². The van der Waals surface area contributed by atoms with Gasteiger partial charge in [0.05, 0.1) is 18.8 Å². The Morgan fingerprint density at radius 2 is 1.23 bits per heavy atom. The van der Waals surface area contributed by atoms with Crippen molar-refractivity contribution in [3.05, 3.63) is 108 Å². The maximum absolute atomic E-state index is 7.01. The first-order valence-electron chi connectivity index (χ1n) is 11.2. The second-order valence-corrected chi connectivity index (χ2v) is 9.07. The highest BCUT2D eigenvalue weighted by Gasteiger charge is 2.50. The van der Waals surface area contributed by atoms with E-state index in [-0.39, 0.29) is 12.2 Å². The summed E-state index contributed by atoms with van der Waals surface area (Å²) in [7, 11) is 0. The minimum Gasteiger partial charge on any atom is -0.360 e. The van der Waals surface area contributed by atoms with Crippen LogP contribution in [0.15, 0.2) is 91.0 Å². The second kappa shape index (κ2) is 8.23. The SMILES string of the molecule is CC1(C)O[C@@H]2[C@H](COC(c3ccccc3)(c3ccccc3)c3ccccc3)CC[C@@H]2O1. The van der Waals surface area contributed by atoms with Crippen molar-refractivity contribution in [3.8, 4) is 0 Å². The van der Waals surface area contributed by atoms with Crippen LogP contribution in [0.1, 0.15) is 43.4 Å². The topological polar surface area (TPSA) is 27.7 Å². The smallest absolute Gasteiger partial charge is 0.163 e. The molecule has 1 heterocycles. The average Bonchev–Trinajstić information content (AvgIpc) is 3.31. The molecule has 0 spiro atoms. The molecule has 5 rings (SSSR count). The van der Waals surface area contributed by atoms with Crippen molar-refractivity contribution in [2.24, 2.45) is 5.92 Å². The number of hydrogen-bond acceptors (Lipinski definition) is 3. The Hall–Kier alpha value is -2.46. The van der Waals surface area contributed by atoms with Gasteiger partial charge in [-0.25, -0.2) is 0 Å². The summed E-state index contributed by atoms with van der Waals surface area (Å²) in [6, 6.07) is 31.6. The fourth-order valence-corrected chi connectivity index (χ4v) is 5.21. The van der Waals surface area contributed by atoms with Gasteiger partial charge in [-0.05, 0) is 43.4 Å². The maximum atomic E-state index is 7.01. The van der Waals surface area contributed by atoms with Crippen LogP contribution in [0.5, 0.6) is 0 Å². The van der Waals surface area contributed by atoms with E-state index < -0.39 is 11.4 Å². The van der Waals surface area contributed by atoms with Crippen molar-refractivity contribution >= 4 is 0 Å². The number of rotatable bonds is 6. The Labute approximate surface area is 185 Å². The van der Waals surface area contributed by atoms with Gasteiger partial charge in [0.1, 0.15) is 5.60 Å². The molecule has 1 aliphatic carbocycles. The molecule has 0 aromatic heterocycles. The lowest BCUT2D eigenvalue weighted by Gasteiger charge is -2.37. The summed E-state index contributed by atoms with van der Waals surface area (Å²) in [4.78, 5) is 0. The summed E-state index contributed by atoms with van der Waals surface area (Å²) in [6.45, 7) is 4.62. The molecule has 0 radical (unpaired) electrons. The van der Waals surface area contributed by atoms with Gasteiger partial charge in [-0.1, -0.05) is 91.0 Å². The first kappa shape index (κ1) is 20.4. The normalized spacial score (nSPS) is 24.8. The highest BCUT2D eigenvalue weighted by Crippen LogP contribution is 2.45. The van der Waals surface area contributed by atoms with Gasteiger partial charge < -0.3 is 14.2 Å². The standard InChI is InChI=1S/C28H30O3/c1-27(2)30-25-19-18-21(26(25)31-27)20-29-28(22-12-6-3-7-13-22,23-14-8-4-9-15-23)24-16-10-5-11-17-24/h3-17,21,25-26H,18-20H2,1-2H3/t21-,25-,26+/m0/s1. The highest BCUT2D eigenvalue weighted by atomic mass is 16.8. The van der Waals surface area contributed by atoms with Gasteiger partial charge >= 0.3 is 0 Å². The quantitative estimate of drug-likeness (QED) is 0.468. The molecule has 1 aliphatic heterocycles. The van der Waals surface area contributed by atoms with Gasteiger partial charge in [-0.15, -0.1) is 0 Å². The van der Waals surface area contributed by atoms with E-state index in [9.17, 15) is 0 Å². The van der Waals surface area contributed by atoms with Gasteiger partial charge in [0.15, 0.2) is 5.79 Å². The summed E-state index contributed by atoms with van der Waals surface area (Å²) in [6.07, 6.45) is 2.34. The first-order valence-corrected chi connectivity index (χ1v) is 11.2. The Morgan fingerprint density at radius 3 is 1.71 bits per heavy atom.